The van der Waals surface area contributed by atoms with Gasteiger partial charge in [0.05, 0.1) is 4.90 Å². The van der Waals surface area contributed by atoms with Crippen LogP contribution < -0.4 is 10.6 Å². The lowest BCUT2D eigenvalue weighted by molar-refractivity contribution is 0.489. The molecule has 6 rings (SSSR count). The van der Waals surface area contributed by atoms with Gasteiger partial charge in [0.15, 0.2) is 7.14 Å². The minimum atomic E-state index is -3.84. The Morgan fingerprint density at radius 1 is 0.651 bits per heavy atom. The average molecular weight is 602 g/mol. The van der Waals surface area contributed by atoms with E-state index in [0.717, 1.165) is 27.8 Å². The molecule has 0 radical (unpaired) electrons. The lowest BCUT2D eigenvalue weighted by Gasteiger charge is -2.26. The van der Waals surface area contributed by atoms with Crippen molar-refractivity contribution in [2.45, 2.75) is 11.8 Å². The van der Waals surface area contributed by atoms with Gasteiger partial charge in [-0.3, -0.25) is 0 Å². The lowest BCUT2D eigenvalue weighted by Crippen LogP contribution is -2.28. The molecule has 0 N–H and O–H groups in total. The van der Waals surface area contributed by atoms with Crippen LogP contribution in [0.1, 0.15) is 16.7 Å². The summed E-state index contributed by atoms with van der Waals surface area (Å²) in [5.41, 5.74) is 4.34. The van der Waals surface area contributed by atoms with Crippen molar-refractivity contribution in [3.8, 4) is 0 Å². The van der Waals surface area contributed by atoms with Crippen LogP contribution in [0.2, 0.25) is 0 Å². The third-order valence-electron chi connectivity index (χ3n) is 7.76. The van der Waals surface area contributed by atoms with E-state index in [1.807, 2.05) is 146 Å². The van der Waals surface area contributed by atoms with Crippen molar-refractivity contribution in [1.29, 1.82) is 0 Å². The Morgan fingerprint density at radius 2 is 1.14 bits per heavy atom. The van der Waals surface area contributed by atoms with Crippen LogP contribution in [-0.4, -0.2) is 25.8 Å². The van der Waals surface area contributed by atoms with Gasteiger partial charge in [-0.25, -0.2) is 8.42 Å². The zero-order valence-electron chi connectivity index (χ0n) is 23.9. The van der Waals surface area contributed by atoms with Crippen LogP contribution in [0.15, 0.2) is 162 Å². The van der Waals surface area contributed by atoms with Crippen LogP contribution in [0.25, 0.3) is 11.4 Å². The summed E-state index contributed by atoms with van der Waals surface area (Å²) in [5.74, 6) is 0. The van der Waals surface area contributed by atoms with Gasteiger partial charge in [-0.15, -0.1) is 0 Å². The van der Waals surface area contributed by atoms with Gasteiger partial charge >= 0.3 is 0 Å². The molecule has 1 heterocycles. The minimum Gasteiger partial charge on any atom is -0.309 e. The fourth-order valence-corrected chi connectivity index (χ4v) is 10.1. The van der Waals surface area contributed by atoms with Crippen LogP contribution >= 0.6 is 7.14 Å². The van der Waals surface area contributed by atoms with E-state index in [2.05, 4.69) is 0 Å². The highest BCUT2D eigenvalue weighted by molar-refractivity contribution is 7.89. The van der Waals surface area contributed by atoms with Crippen molar-refractivity contribution in [3.05, 3.63) is 173 Å². The fourth-order valence-electron chi connectivity index (χ4n) is 5.58. The van der Waals surface area contributed by atoms with Crippen molar-refractivity contribution in [2.24, 2.45) is 0 Å². The van der Waals surface area contributed by atoms with E-state index in [0.29, 0.717) is 15.9 Å². The SMILES string of the molecule is Cc1ccc(S(=O)(=O)N2CC(=C\c3ccccc3)/C(=C(\c3ccccc3)P(=O)(c3ccccc3)c3ccccc3)C2)cc1. The van der Waals surface area contributed by atoms with Gasteiger partial charge in [-0.05, 0) is 41.3 Å². The van der Waals surface area contributed by atoms with E-state index in [9.17, 15) is 8.42 Å². The highest BCUT2D eigenvalue weighted by atomic mass is 32.2. The maximum atomic E-state index is 15.9. The first-order valence-corrected chi connectivity index (χ1v) is 17.4. The number of hydrogen-bond acceptors (Lipinski definition) is 3. The molecule has 1 aliphatic heterocycles. The molecule has 214 valence electrons. The van der Waals surface area contributed by atoms with Gasteiger partial charge in [-0.1, -0.05) is 145 Å². The molecular formula is C37H32NO3PS. The molecule has 0 amide bonds. The number of nitrogens with zero attached hydrogens (tertiary/aromatic N) is 1. The molecule has 0 atom stereocenters. The predicted octanol–water partition coefficient (Wildman–Crippen LogP) is 7.51. The number of rotatable bonds is 7. The first kappa shape index (κ1) is 28.8. The predicted molar refractivity (Wildman–Crippen MR) is 177 cm³/mol. The van der Waals surface area contributed by atoms with Crippen LogP contribution in [0, 0.1) is 6.92 Å². The molecule has 0 aliphatic carbocycles. The van der Waals surface area contributed by atoms with Gasteiger partial charge in [0.25, 0.3) is 0 Å². The molecule has 0 bridgehead atoms. The van der Waals surface area contributed by atoms with Crippen molar-refractivity contribution >= 4 is 39.2 Å². The van der Waals surface area contributed by atoms with E-state index in [1.165, 1.54) is 4.31 Å². The van der Waals surface area contributed by atoms with Gasteiger partial charge in [-0.2, -0.15) is 4.31 Å². The summed E-state index contributed by atoms with van der Waals surface area (Å²) in [6.45, 7) is 2.20. The van der Waals surface area contributed by atoms with E-state index in [1.54, 1.807) is 12.1 Å². The van der Waals surface area contributed by atoms with E-state index in [-0.39, 0.29) is 18.0 Å². The molecule has 0 unspecified atom stereocenters. The zero-order valence-corrected chi connectivity index (χ0v) is 25.6. The fraction of sp³-hybridized carbons (Fsp3) is 0.0811. The zero-order chi connectivity index (χ0) is 29.9. The molecule has 0 spiro atoms. The summed E-state index contributed by atoms with van der Waals surface area (Å²) in [6, 6.07) is 45.7. The Kier molecular flexibility index (Phi) is 8.14. The molecule has 1 saturated heterocycles. The third kappa shape index (κ3) is 5.72. The summed E-state index contributed by atoms with van der Waals surface area (Å²) in [7, 11) is -7.32. The highest BCUT2D eigenvalue weighted by Gasteiger charge is 2.40. The number of sulfonamides is 1. The van der Waals surface area contributed by atoms with Crippen molar-refractivity contribution < 1.29 is 13.0 Å². The second-order valence-corrected chi connectivity index (χ2v) is 15.3. The molecule has 5 aromatic carbocycles. The van der Waals surface area contributed by atoms with Gasteiger partial charge < -0.3 is 4.57 Å². The summed E-state index contributed by atoms with van der Waals surface area (Å²) in [4.78, 5) is 0.244. The van der Waals surface area contributed by atoms with Crippen LogP contribution in [0.5, 0.6) is 0 Å². The minimum absolute atomic E-state index is 0.1000. The summed E-state index contributed by atoms with van der Waals surface area (Å²) >= 11 is 0. The van der Waals surface area contributed by atoms with E-state index < -0.39 is 17.2 Å². The van der Waals surface area contributed by atoms with E-state index >= 15 is 4.57 Å². The summed E-state index contributed by atoms with van der Waals surface area (Å²) < 4.78 is 45.5. The van der Waals surface area contributed by atoms with Crippen LogP contribution in [-0.2, 0) is 14.6 Å². The topological polar surface area (TPSA) is 54.5 Å². The Bertz CT molecular complexity index is 1890. The molecule has 5 aromatic rings. The molecule has 4 nitrogen and oxygen atoms in total. The average Bonchev–Trinajstić information content (AvgIpc) is 3.47. The van der Waals surface area contributed by atoms with Gasteiger partial charge in [0, 0.05) is 29.0 Å². The maximum Gasteiger partial charge on any atom is 0.243 e. The summed E-state index contributed by atoms with van der Waals surface area (Å²) in [5, 5.41) is 2.06. The number of hydrogen-bond donors (Lipinski definition) is 0. The van der Waals surface area contributed by atoms with E-state index in [4.69, 9.17) is 0 Å². The normalized spacial score (nSPS) is 16.3. The van der Waals surface area contributed by atoms with Gasteiger partial charge in [0.1, 0.15) is 0 Å². The summed E-state index contributed by atoms with van der Waals surface area (Å²) in [6.07, 6.45) is 2.03. The molecule has 1 fully saturated rings. The second kappa shape index (κ2) is 12.1. The molecular weight excluding hydrogens is 569 g/mol. The Hall–Kier alpha value is -4.28. The molecule has 0 aromatic heterocycles. The van der Waals surface area contributed by atoms with Crippen molar-refractivity contribution in [3.63, 3.8) is 0 Å². The van der Waals surface area contributed by atoms with Crippen LogP contribution in [0.4, 0.5) is 0 Å². The van der Waals surface area contributed by atoms with Crippen molar-refractivity contribution in [1.82, 2.24) is 4.31 Å². The first-order valence-electron chi connectivity index (χ1n) is 14.2. The molecule has 43 heavy (non-hydrogen) atoms. The van der Waals surface area contributed by atoms with Crippen molar-refractivity contribution in [2.75, 3.05) is 13.1 Å². The second-order valence-electron chi connectivity index (χ2n) is 10.6. The molecule has 0 saturated carbocycles. The third-order valence-corrected chi connectivity index (χ3v) is 12.8. The number of aryl methyl sites for hydroxylation is 1. The smallest absolute Gasteiger partial charge is 0.243 e. The largest absolute Gasteiger partial charge is 0.309 e. The monoisotopic (exact) mass is 601 g/mol. The Balaban J connectivity index is 1.66. The van der Waals surface area contributed by atoms with Crippen LogP contribution in [0.3, 0.4) is 0 Å². The maximum absolute atomic E-state index is 15.9. The Labute approximate surface area is 254 Å². The first-order chi connectivity index (χ1) is 20.9. The Morgan fingerprint density at radius 3 is 1.67 bits per heavy atom. The molecule has 6 heteroatoms. The molecule has 1 aliphatic rings. The van der Waals surface area contributed by atoms with Gasteiger partial charge in [0.2, 0.25) is 10.0 Å². The standard InChI is InChI=1S/C37H32NO3PS/c1-29-22-24-35(25-23-29)43(40,41)38-27-32(26-30-14-6-2-7-15-30)36(28-38)37(31-16-8-3-9-17-31)42(39,33-18-10-4-11-19-33)34-20-12-5-13-21-34/h2-26H,27-28H2,1H3/b32-26+,37-36+. The quantitative estimate of drug-likeness (QED) is 0.182. The highest BCUT2D eigenvalue weighted by Crippen LogP contribution is 2.59. The number of benzene rings is 5. The lowest BCUT2D eigenvalue weighted by atomic mass is 10.0.